The maximum atomic E-state index is 2.60. The quantitative estimate of drug-likeness (QED) is 0.759. The van der Waals surface area contributed by atoms with Crippen LogP contribution in [0.3, 0.4) is 0 Å². The van der Waals surface area contributed by atoms with Crippen LogP contribution in [0.5, 0.6) is 0 Å². The first kappa shape index (κ1) is 14.1. The molecule has 0 saturated carbocycles. The van der Waals surface area contributed by atoms with Crippen LogP contribution in [0.2, 0.25) is 0 Å². The van der Waals surface area contributed by atoms with Gasteiger partial charge in [-0.15, -0.1) is 0 Å². The van der Waals surface area contributed by atoms with Crippen LogP contribution < -0.4 is 4.90 Å². The zero-order valence-electron chi connectivity index (χ0n) is 11.4. The molecule has 1 heterocycles. The van der Waals surface area contributed by atoms with Gasteiger partial charge >= 0.3 is 0 Å². The fourth-order valence-electron chi connectivity index (χ4n) is 2.90. The standard InChI is InChI=1S/C15H23IN2/c1-3-17(4-2)14-8-10-18(11-9-14)15-7-5-6-13(16)12-15/h5-7,12,14H,3-4,8-11H2,1-2H3. The van der Waals surface area contributed by atoms with Gasteiger partial charge in [-0.1, -0.05) is 19.9 Å². The summed E-state index contributed by atoms with van der Waals surface area (Å²) in [5, 5.41) is 0. The van der Waals surface area contributed by atoms with E-state index in [1.54, 1.807) is 0 Å². The molecule has 100 valence electrons. The van der Waals surface area contributed by atoms with Gasteiger partial charge in [0.2, 0.25) is 0 Å². The van der Waals surface area contributed by atoms with Crippen LogP contribution in [-0.2, 0) is 0 Å². The molecule has 0 unspecified atom stereocenters. The van der Waals surface area contributed by atoms with E-state index in [1.807, 2.05) is 0 Å². The van der Waals surface area contributed by atoms with Gasteiger partial charge in [0.15, 0.2) is 0 Å². The van der Waals surface area contributed by atoms with Crippen molar-refractivity contribution in [2.24, 2.45) is 0 Å². The van der Waals surface area contributed by atoms with Crippen molar-refractivity contribution >= 4 is 28.3 Å². The molecule has 2 rings (SSSR count). The lowest BCUT2D eigenvalue weighted by molar-refractivity contribution is 0.186. The van der Waals surface area contributed by atoms with Gasteiger partial charge in [0.1, 0.15) is 0 Å². The predicted octanol–water partition coefficient (Wildman–Crippen LogP) is 3.60. The highest BCUT2D eigenvalue weighted by Crippen LogP contribution is 2.23. The average molecular weight is 358 g/mol. The first-order valence-electron chi connectivity index (χ1n) is 6.99. The number of halogens is 1. The lowest BCUT2D eigenvalue weighted by atomic mass is 10.0. The Hall–Kier alpha value is -0.290. The van der Waals surface area contributed by atoms with Crippen molar-refractivity contribution in [3.8, 4) is 0 Å². The molecule has 1 aromatic rings. The minimum absolute atomic E-state index is 0.791. The lowest BCUT2D eigenvalue weighted by Gasteiger charge is -2.38. The molecular weight excluding hydrogens is 335 g/mol. The van der Waals surface area contributed by atoms with E-state index in [2.05, 4.69) is 70.5 Å². The van der Waals surface area contributed by atoms with Crippen LogP contribution in [0, 0.1) is 3.57 Å². The summed E-state index contributed by atoms with van der Waals surface area (Å²) in [6.45, 7) is 9.31. The van der Waals surface area contributed by atoms with E-state index in [4.69, 9.17) is 0 Å². The predicted molar refractivity (Wildman–Crippen MR) is 87.3 cm³/mol. The fraction of sp³-hybridized carbons (Fsp3) is 0.600. The number of hydrogen-bond acceptors (Lipinski definition) is 2. The zero-order valence-corrected chi connectivity index (χ0v) is 13.6. The molecular formula is C15H23IN2. The molecule has 1 aliphatic rings. The van der Waals surface area contributed by atoms with Crippen LogP contribution >= 0.6 is 22.6 Å². The minimum Gasteiger partial charge on any atom is -0.371 e. The zero-order chi connectivity index (χ0) is 13.0. The Labute approximate surface area is 124 Å². The van der Waals surface area contributed by atoms with Crippen LogP contribution in [0.25, 0.3) is 0 Å². The van der Waals surface area contributed by atoms with E-state index in [-0.39, 0.29) is 0 Å². The highest BCUT2D eigenvalue weighted by molar-refractivity contribution is 14.1. The molecule has 0 bridgehead atoms. The van der Waals surface area contributed by atoms with E-state index in [1.165, 1.54) is 48.3 Å². The number of hydrogen-bond donors (Lipinski definition) is 0. The average Bonchev–Trinajstić information content (AvgIpc) is 2.41. The van der Waals surface area contributed by atoms with Crippen molar-refractivity contribution in [2.75, 3.05) is 31.1 Å². The van der Waals surface area contributed by atoms with Crippen molar-refractivity contribution < 1.29 is 0 Å². The van der Waals surface area contributed by atoms with Gasteiger partial charge in [0, 0.05) is 28.4 Å². The topological polar surface area (TPSA) is 6.48 Å². The molecule has 0 N–H and O–H groups in total. The summed E-state index contributed by atoms with van der Waals surface area (Å²) >= 11 is 2.39. The molecule has 0 atom stereocenters. The molecule has 0 amide bonds. The lowest BCUT2D eigenvalue weighted by Crippen LogP contribution is -2.44. The third-order valence-electron chi connectivity index (χ3n) is 3.97. The van der Waals surface area contributed by atoms with Crippen molar-refractivity contribution in [3.63, 3.8) is 0 Å². The summed E-state index contributed by atoms with van der Waals surface area (Å²) < 4.78 is 1.33. The first-order chi connectivity index (χ1) is 8.74. The maximum absolute atomic E-state index is 2.60. The molecule has 1 fully saturated rings. The number of anilines is 1. The monoisotopic (exact) mass is 358 g/mol. The van der Waals surface area contributed by atoms with Crippen molar-refractivity contribution in [1.82, 2.24) is 4.90 Å². The summed E-state index contributed by atoms with van der Waals surface area (Å²) in [6.07, 6.45) is 2.60. The van der Waals surface area contributed by atoms with Gasteiger partial charge in [-0.2, -0.15) is 0 Å². The Balaban J connectivity index is 1.94. The normalized spacial score (nSPS) is 17.4. The van der Waals surface area contributed by atoms with E-state index in [0.29, 0.717) is 0 Å². The van der Waals surface area contributed by atoms with Gasteiger partial charge < -0.3 is 9.80 Å². The van der Waals surface area contributed by atoms with Crippen molar-refractivity contribution in [2.45, 2.75) is 32.7 Å². The molecule has 18 heavy (non-hydrogen) atoms. The van der Waals surface area contributed by atoms with Gasteiger partial charge in [0.25, 0.3) is 0 Å². The fourth-order valence-corrected chi connectivity index (χ4v) is 3.43. The Kier molecular flexibility index (Phi) is 5.30. The second kappa shape index (κ2) is 6.75. The third kappa shape index (κ3) is 3.38. The Bertz CT molecular complexity index is 369. The molecule has 1 aromatic carbocycles. The second-order valence-corrected chi connectivity index (χ2v) is 6.16. The smallest absolute Gasteiger partial charge is 0.0376 e. The van der Waals surface area contributed by atoms with Crippen LogP contribution in [0.1, 0.15) is 26.7 Å². The van der Waals surface area contributed by atoms with Gasteiger partial charge in [-0.3, -0.25) is 0 Å². The van der Waals surface area contributed by atoms with Crippen LogP contribution in [0.15, 0.2) is 24.3 Å². The number of benzene rings is 1. The summed E-state index contributed by atoms with van der Waals surface area (Å²) in [5.41, 5.74) is 1.39. The molecule has 0 aromatic heterocycles. The summed E-state index contributed by atoms with van der Waals surface area (Å²) in [5.74, 6) is 0. The van der Waals surface area contributed by atoms with E-state index >= 15 is 0 Å². The van der Waals surface area contributed by atoms with E-state index in [0.717, 1.165) is 6.04 Å². The molecule has 1 saturated heterocycles. The molecule has 1 aliphatic heterocycles. The molecule has 2 nitrogen and oxygen atoms in total. The summed E-state index contributed by atoms with van der Waals surface area (Å²) in [6, 6.07) is 9.64. The Morgan fingerprint density at radius 1 is 1.22 bits per heavy atom. The molecule has 0 spiro atoms. The number of nitrogens with zero attached hydrogens (tertiary/aromatic N) is 2. The first-order valence-corrected chi connectivity index (χ1v) is 8.07. The van der Waals surface area contributed by atoms with Crippen molar-refractivity contribution in [1.29, 1.82) is 0 Å². The number of rotatable bonds is 4. The second-order valence-electron chi connectivity index (χ2n) is 4.92. The molecule has 0 aliphatic carbocycles. The SMILES string of the molecule is CCN(CC)C1CCN(c2cccc(I)c2)CC1. The van der Waals surface area contributed by atoms with Crippen molar-refractivity contribution in [3.05, 3.63) is 27.8 Å². The van der Waals surface area contributed by atoms with E-state index < -0.39 is 0 Å². The highest BCUT2D eigenvalue weighted by atomic mass is 127. The van der Waals surface area contributed by atoms with Gasteiger partial charge in [-0.05, 0) is 66.7 Å². The highest BCUT2D eigenvalue weighted by Gasteiger charge is 2.22. The summed E-state index contributed by atoms with van der Waals surface area (Å²) in [4.78, 5) is 5.13. The van der Waals surface area contributed by atoms with Crippen LogP contribution in [0.4, 0.5) is 5.69 Å². The molecule has 3 heteroatoms. The Morgan fingerprint density at radius 3 is 2.44 bits per heavy atom. The van der Waals surface area contributed by atoms with Gasteiger partial charge in [-0.25, -0.2) is 0 Å². The van der Waals surface area contributed by atoms with Gasteiger partial charge in [0.05, 0.1) is 0 Å². The van der Waals surface area contributed by atoms with E-state index in [9.17, 15) is 0 Å². The Morgan fingerprint density at radius 2 is 1.89 bits per heavy atom. The molecule has 0 radical (unpaired) electrons. The summed E-state index contributed by atoms with van der Waals surface area (Å²) in [7, 11) is 0. The maximum Gasteiger partial charge on any atom is 0.0376 e. The number of piperidine rings is 1. The third-order valence-corrected chi connectivity index (χ3v) is 4.64. The minimum atomic E-state index is 0.791. The van der Waals surface area contributed by atoms with Crippen LogP contribution in [-0.4, -0.2) is 37.1 Å². The largest absolute Gasteiger partial charge is 0.371 e.